The maximum absolute atomic E-state index is 13.1. The lowest BCUT2D eigenvalue weighted by Gasteiger charge is -2.24. The molecule has 0 spiro atoms. The van der Waals surface area contributed by atoms with Gasteiger partial charge in [0, 0.05) is 19.5 Å². The molecule has 0 heterocycles. The third-order valence-corrected chi connectivity index (χ3v) is 7.88. The van der Waals surface area contributed by atoms with Crippen LogP contribution < -0.4 is 15.4 Å². The van der Waals surface area contributed by atoms with Gasteiger partial charge in [-0.15, -0.1) is 0 Å². The Balaban J connectivity index is 1.73. The topological polar surface area (TPSA) is 104 Å². The molecule has 1 aliphatic carbocycles. The standard InChI is InChI=1S/C24H37ClFN3O4S/c1-17(2)14-21(29-23(30)15-18-8-4-3-5-9-18)24(31)27-12-6-7-13-28-34(32,33)22-11-10-19(26)16-20(22)25/h10-11,16-18,21,28H,3-9,12-15H2,1-2H3,(H,27,31)(H,29,30)/t21-/m0/s1. The molecule has 1 aliphatic rings. The molecule has 1 saturated carbocycles. The second-order valence-corrected chi connectivity index (χ2v) is 11.6. The van der Waals surface area contributed by atoms with Crippen molar-refractivity contribution in [3.05, 3.63) is 29.0 Å². The highest BCUT2D eigenvalue weighted by atomic mass is 35.5. The molecular weight excluding hydrogens is 481 g/mol. The van der Waals surface area contributed by atoms with Crippen molar-refractivity contribution in [2.45, 2.75) is 82.6 Å². The summed E-state index contributed by atoms with van der Waals surface area (Å²) in [5, 5.41) is 5.58. The van der Waals surface area contributed by atoms with Gasteiger partial charge >= 0.3 is 0 Å². The van der Waals surface area contributed by atoms with Crippen molar-refractivity contribution in [3.8, 4) is 0 Å². The van der Waals surface area contributed by atoms with Gasteiger partial charge in [0.2, 0.25) is 21.8 Å². The minimum atomic E-state index is -3.85. The molecule has 34 heavy (non-hydrogen) atoms. The van der Waals surface area contributed by atoms with Gasteiger partial charge in [0.1, 0.15) is 16.8 Å². The molecule has 0 aromatic heterocycles. The smallest absolute Gasteiger partial charge is 0.242 e. The van der Waals surface area contributed by atoms with Crippen LogP contribution in [-0.2, 0) is 19.6 Å². The van der Waals surface area contributed by atoms with Gasteiger partial charge in [0.15, 0.2) is 0 Å². The molecule has 192 valence electrons. The number of halogens is 2. The third kappa shape index (κ3) is 9.88. The molecular formula is C24H37ClFN3O4S. The Morgan fingerprint density at radius 1 is 1.12 bits per heavy atom. The first-order valence-electron chi connectivity index (χ1n) is 12.1. The van der Waals surface area contributed by atoms with E-state index >= 15 is 0 Å². The number of amides is 2. The summed E-state index contributed by atoms with van der Waals surface area (Å²) < 4.78 is 40.2. The molecule has 3 N–H and O–H groups in total. The highest BCUT2D eigenvalue weighted by Crippen LogP contribution is 2.26. The van der Waals surface area contributed by atoms with Gasteiger partial charge in [-0.1, -0.05) is 44.7 Å². The second kappa shape index (κ2) is 14.0. The van der Waals surface area contributed by atoms with Gasteiger partial charge in [0.25, 0.3) is 0 Å². The lowest BCUT2D eigenvalue weighted by Crippen LogP contribution is -2.48. The quantitative estimate of drug-likeness (QED) is 0.342. The van der Waals surface area contributed by atoms with Crippen LogP contribution in [0.2, 0.25) is 5.02 Å². The van der Waals surface area contributed by atoms with Crippen molar-refractivity contribution in [2.24, 2.45) is 11.8 Å². The molecule has 10 heteroatoms. The van der Waals surface area contributed by atoms with E-state index in [4.69, 9.17) is 11.6 Å². The number of unbranched alkanes of at least 4 members (excludes halogenated alkanes) is 1. The van der Waals surface area contributed by atoms with Crippen LogP contribution in [0.1, 0.15) is 71.6 Å². The van der Waals surface area contributed by atoms with Crippen LogP contribution in [0.15, 0.2) is 23.1 Å². The summed E-state index contributed by atoms with van der Waals surface area (Å²) in [4.78, 5) is 25.0. The van der Waals surface area contributed by atoms with Gasteiger partial charge in [-0.2, -0.15) is 0 Å². The van der Waals surface area contributed by atoms with E-state index in [-0.39, 0.29) is 34.2 Å². The van der Waals surface area contributed by atoms with E-state index in [0.29, 0.717) is 38.1 Å². The Labute approximate surface area is 207 Å². The van der Waals surface area contributed by atoms with Crippen LogP contribution in [0, 0.1) is 17.7 Å². The van der Waals surface area contributed by atoms with E-state index in [1.165, 1.54) is 19.3 Å². The average molecular weight is 518 g/mol. The van der Waals surface area contributed by atoms with E-state index in [0.717, 1.165) is 31.0 Å². The normalized spacial score (nSPS) is 15.8. The molecule has 1 fully saturated rings. The molecule has 0 aliphatic heterocycles. The Kier molecular flexibility index (Phi) is 11.7. The Hall–Kier alpha value is -1.71. The van der Waals surface area contributed by atoms with Crippen molar-refractivity contribution in [2.75, 3.05) is 13.1 Å². The van der Waals surface area contributed by atoms with Crippen LogP contribution in [0.4, 0.5) is 4.39 Å². The van der Waals surface area contributed by atoms with Gasteiger partial charge < -0.3 is 10.6 Å². The number of hydrogen-bond acceptors (Lipinski definition) is 4. The van der Waals surface area contributed by atoms with Gasteiger partial charge in [0.05, 0.1) is 5.02 Å². The van der Waals surface area contributed by atoms with E-state index in [1.54, 1.807) is 0 Å². The number of benzene rings is 1. The fraction of sp³-hybridized carbons (Fsp3) is 0.667. The molecule has 1 aromatic carbocycles. The Morgan fingerprint density at radius 3 is 2.44 bits per heavy atom. The van der Waals surface area contributed by atoms with Crippen molar-refractivity contribution < 1.29 is 22.4 Å². The Bertz CT molecular complexity index is 921. The predicted molar refractivity (Wildman–Crippen MR) is 131 cm³/mol. The van der Waals surface area contributed by atoms with Crippen molar-refractivity contribution in [3.63, 3.8) is 0 Å². The van der Waals surface area contributed by atoms with Gasteiger partial charge in [-0.25, -0.2) is 17.5 Å². The number of sulfonamides is 1. The van der Waals surface area contributed by atoms with Gasteiger partial charge in [-0.05, 0) is 62.1 Å². The molecule has 1 aromatic rings. The Morgan fingerprint density at radius 2 is 1.79 bits per heavy atom. The summed E-state index contributed by atoms with van der Waals surface area (Å²) in [5.41, 5.74) is 0. The van der Waals surface area contributed by atoms with Crippen LogP contribution in [0.5, 0.6) is 0 Å². The van der Waals surface area contributed by atoms with Crippen molar-refractivity contribution >= 4 is 33.4 Å². The van der Waals surface area contributed by atoms with Crippen molar-refractivity contribution in [1.82, 2.24) is 15.4 Å². The lowest BCUT2D eigenvalue weighted by atomic mass is 9.86. The molecule has 2 amide bonds. The van der Waals surface area contributed by atoms with E-state index in [9.17, 15) is 22.4 Å². The number of carbonyl (C=O) groups is 2. The minimum Gasteiger partial charge on any atom is -0.354 e. The first-order chi connectivity index (χ1) is 16.1. The molecule has 0 radical (unpaired) electrons. The molecule has 7 nitrogen and oxygen atoms in total. The number of nitrogens with one attached hydrogen (secondary N) is 3. The lowest BCUT2D eigenvalue weighted by molar-refractivity contribution is -0.130. The maximum Gasteiger partial charge on any atom is 0.242 e. The van der Waals surface area contributed by atoms with Crippen LogP contribution in [0.3, 0.4) is 0 Å². The van der Waals surface area contributed by atoms with E-state index < -0.39 is 21.9 Å². The second-order valence-electron chi connectivity index (χ2n) is 9.43. The number of hydrogen-bond donors (Lipinski definition) is 3. The van der Waals surface area contributed by atoms with Crippen LogP contribution in [-0.4, -0.2) is 39.4 Å². The first-order valence-corrected chi connectivity index (χ1v) is 14.0. The number of carbonyl (C=O) groups excluding carboxylic acids is 2. The summed E-state index contributed by atoms with van der Waals surface area (Å²) in [6.07, 6.45) is 7.79. The predicted octanol–water partition coefficient (Wildman–Crippen LogP) is 4.16. The molecule has 0 bridgehead atoms. The maximum atomic E-state index is 13.1. The molecule has 0 saturated heterocycles. The molecule has 0 unspecified atom stereocenters. The fourth-order valence-electron chi connectivity index (χ4n) is 4.17. The highest BCUT2D eigenvalue weighted by molar-refractivity contribution is 7.89. The zero-order valence-electron chi connectivity index (χ0n) is 20.0. The summed E-state index contributed by atoms with van der Waals surface area (Å²) in [5.74, 6) is -0.241. The zero-order chi connectivity index (χ0) is 25.1. The zero-order valence-corrected chi connectivity index (χ0v) is 21.6. The van der Waals surface area contributed by atoms with Gasteiger partial charge in [-0.3, -0.25) is 9.59 Å². The largest absolute Gasteiger partial charge is 0.354 e. The first kappa shape index (κ1) is 28.5. The fourth-order valence-corrected chi connectivity index (χ4v) is 5.78. The highest BCUT2D eigenvalue weighted by Gasteiger charge is 2.24. The molecule has 2 rings (SSSR count). The minimum absolute atomic E-state index is 0.0680. The summed E-state index contributed by atoms with van der Waals surface area (Å²) >= 11 is 5.83. The van der Waals surface area contributed by atoms with Crippen LogP contribution >= 0.6 is 11.6 Å². The SMILES string of the molecule is CC(C)C[C@H](NC(=O)CC1CCCCC1)C(=O)NCCCCNS(=O)(=O)c1ccc(F)cc1Cl. The molecule has 1 atom stereocenters. The number of rotatable bonds is 13. The van der Waals surface area contributed by atoms with E-state index in [2.05, 4.69) is 15.4 Å². The van der Waals surface area contributed by atoms with Crippen LogP contribution in [0.25, 0.3) is 0 Å². The third-order valence-electron chi connectivity index (χ3n) is 5.94. The summed E-state index contributed by atoms with van der Waals surface area (Å²) in [7, 11) is -3.85. The average Bonchev–Trinajstić information content (AvgIpc) is 2.75. The summed E-state index contributed by atoms with van der Waals surface area (Å²) in [6.45, 7) is 4.53. The van der Waals surface area contributed by atoms with Crippen molar-refractivity contribution in [1.29, 1.82) is 0 Å². The summed E-state index contributed by atoms with van der Waals surface area (Å²) in [6, 6.07) is 2.54. The van der Waals surface area contributed by atoms with E-state index in [1.807, 2.05) is 13.8 Å². The monoisotopic (exact) mass is 517 g/mol.